The lowest BCUT2D eigenvalue weighted by molar-refractivity contribution is -0.141. The number of halogens is 6. The number of hydrogen-bond donors (Lipinski definition) is 1. The van der Waals surface area contributed by atoms with Crippen molar-refractivity contribution in [3.8, 4) is 0 Å². The largest absolute Gasteiger partial charge is 0.435 e. The number of amides is 1. The van der Waals surface area contributed by atoms with Gasteiger partial charge in [-0.15, -0.1) is 11.3 Å². The van der Waals surface area contributed by atoms with Crippen molar-refractivity contribution in [2.75, 3.05) is 6.54 Å². The molecule has 0 saturated carbocycles. The summed E-state index contributed by atoms with van der Waals surface area (Å²) >= 11 is 0.879. The third-order valence-electron chi connectivity index (χ3n) is 4.37. The third-order valence-corrected chi connectivity index (χ3v) is 5.57. The smallest absolute Gasteiger partial charge is 0.351 e. The molecule has 164 valence electrons. The van der Waals surface area contributed by atoms with E-state index in [2.05, 4.69) is 15.5 Å². The van der Waals surface area contributed by atoms with E-state index in [1.54, 1.807) is 6.92 Å². The Labute approximate surface area is 170 Å². The van der Waals surface area contributed by atoms with Gasteiger partial charge < -0.3 is 5.32 Å². The van der Waals surface area contributed by atoms with Gasteiger partial charge in [-0.25, -0.2) is 0 Å². The van der Waals surface area contributed by atoms with E-state index >= 15 is 0 Å². The number of alkyl halides is 6. The lowest BCUT2D eigenvalue weighted by atomic mass is 10.2. The molecule has 0 radical (unpaired) electrons. The molecular formula is C17H17F6N5OS. The Hall–Kier alpha value is -2.57. The molecule has 3 rings (SSSR count). The minimum Gasteiger partial charge on any atom is -0.351 e. The van der Waals surface area contributed by atoms with Gasteiger partial charge in [0.1, 0.15) is 4.83 Å². The Morgan fingerprint density at radius 1 is 1.17 bits per heavy atom. The number of fused-ring (bicyclic) bond motifs is 1. The second kappa shape index (κ2) is 7.60. The Morgan fingerprint density at radius 3 is 2.40 bits per heavy atom. The second-order valence-corrected chi connectivity index (χ2v) is 8.00. The molecule has 3 aromatic heterocycles. The highest BCUT2D eigenvalue weighted by Gasteiger charge is 2.37. The van der Waals surface area contributed by atoms with E-state index in [0.29, 0.717) is 5.69 Å². The van der Waals surface area contributed by atoms with E-state index < -0.39 is 29.6 Å². The maximum atomic E-state index is 13.1. The van der Waals surface area contributed by atoms with Crippen molar-refractivity contribution in [2.45, 2.75) is 32.7 Å². The maximum absolute atomic E-state index is 13.1. The topological polar surface area (TPSA) is 64.7 Å². The fraction of sp³-hybridized carbons (Fsp3) is 0.471. The first-order chi connectivity index (χ1) is 13.8. The first-order valence-electron chi connectivity index (χ1n) is 8.71. The van der Waals surface area contributed by atoms with Crippen LogP contribution in [0.3, 0.4) is 0 Å². The van der Waals surface area contributed by atoms with E-state index in [1.165, 1.54) is 18.7 Å². The summed E-state index contributed by atoms with van der Waals surface area (Å²) in [5, 5.41) is 9.43. The highest BCUT2D eigenvalue weighted by molar-refractivity contribution is 7.20. The molecule has 13 heteroatoms. The molecule has 0 saturated heterocycles. The second-order valence-electron chi connectivity index (χ2n) is 6.97. The molecule has 30 heavy (non-hydrogen) atoms. The van der Waals surface area contributed by atoms with Crippen LogP contribution >= 0.6 is 11.3 Å². The van der Waals surface area contributed by atoms with Crippen LogP contribution in [0.4, 0.5) is 26.3 Å². The van der Waals surface area contributed by atoms with Crippen LogP contribution in [0, 0.1) is 12.8 Å². The zero-order valence-corrected chi connectivity index (χ0v) is 16.8. The minimum atomic E-state index is -4.64. The van der Waals surface area contributed by atoms with Crippen LogP contribution in [-0.2, 0) is 25.9 Å². The summed E-state index contributed by atoms with van der Waals surface area (Å²) in [6.45, 7) is 3.46. The summed E-state index contributed by atoms with van der Waals surface area (Å²) in [7, 11) is 1.36. The van der Waals surface area contributed by atoms with E-state index in [4.69, 9.17) is 0 Å². The Morgan fingerprint density at radius 2 is 1.83 bits per heavy atom. The number of nitrogens with zero attached hydrogens (tertiary/aromatic N) is 4. The Kier molecular flexibility index (Phi) is 5.60. The van der Waals surface area contributed by atoms with E-state index in [9.17, 15) is 31.1 Å². The molecule has 1 atom stereocenters. The fourth-order valence-electron chi connectivity index (χ4n) is 2.91. The average molecular weight is 453 g/mol. The Bertz CT molecular complexity index is 1080. The zero-order chi connectivity index (χ0) is 22.4. The highest BCUT2D eigenvalue weighted by Crippen LogP contribution is 2.37. The third kappa shape index (κ3) is 4.45. The molecule has 3 aromatic rings. The number of rotatable bonds is 5. The van der Waals surface area contributed by atoms with Gasteiger partial charge in [-0.3, -0.25) is 14.2 Å². The standard InChI is InChI=1S/C17H17F6N5OS/c1-8(7-28-9(2)4-12(25-28)16(18,19)20)6-24-14(29)11-5-10-13(17(21,22)23)26-27(3)15(10)30-11/h4-5,8H,6-7H2,1-3H3,(H,24,29)/t8-/m1/s1. The summed E-state index contributed by atoms with van der Waals surface area (Å²) in [6, 6.07) is 2.08. The van der Waals surface area contributed by atoms with Crippen molar-refractivity contribution < 1.29 is 31.1 Å². The first-order valence-corrected chi connectivity index (χ1v) is 9.52. The number of hydrogen-bond acceptors (Lipinski definition) is 4. The van der Waals surface area contributed by atoms with Crippen LogP contribution in [0.25, 0.3) is 10.2 Å². The van der Waals surface area contributed by atoms with E-state index in [0.717, 1.165) is 28.2 Å². The number of carbonyl (C=O) groups is 1. The molecule has 0 unspecified atom stereocenters. The normalized spacial score (nSPS) is 13.8. The molecule has 0 fully saturated rings. The summed E-state index contributed by atoms with van der Waals surface area (Å²) in [4.78, 5) is 12.7. The van der Waals surface area contributed by atoms with Crippen molar-refractivity contribution in [2.24, 2.45) is 13.0 Å². The molecule has 3 heterocycles. The number of nitrogens with one attached hydrogen (secondary N) is 1. The Balaban J connectivity index is 1.66. The minimum absolute atomic E-state index is 0.0883. The van der Waals surface area contributed by atoms with Crippen molar-refractivity contribution in [1.82, 2.24) is 24.9 Å². The fourth-order valence-corrected chi connectivity index (χ4v) is 3.90. The van der Waals surface area contributed by atoms with Crippen LogP contribution in [0.1, 0.15) is 33.7 Å². The first kappa shape index (κ1) is 22.1. The van der Waals surface area contributed by atoms with Crippen LogP contribution in [0.15, 0.2) is 12.1 Å². The van der Waals surface area contributed by atoms with Gasteiger partial charge in [0.05, 0.1) is 4.88 Å². The molecule has 0 aliphatic carbocycles. The van der Waals surface area contributed by atoms with Crippen LogP contribution in [-0.4, -0.2) is 32.0 Å². The lowest BCUT2D eigenvalue weighted by Crippen LogP contribution is -2.30. The average Bonchev–Trinajstić information content (AvgIpc) is 3.27. The molecule has 0 aromatic carbocycles. The van der Waals surface area contributed by atoms with Crippen molar-refractivity contribution in [3.63, 3.8) is 0 Å². The molecule has 1 amide bonds. The van der Waals surface area contributed by atoms with Crippen molar-refractivity contribution >= 4 is 27.5 Å². The highest BCUT2D eigenvalue weighted by atomic mass is 32.1. The monoisotopic (exact) mass is 453 g/mol. The quantitative estimate of drug-likeness (QED) is 0.588. The zero-order valence-electron chi connectivity index (χ0n) is 16.0. The van der Waals surface area contributed by atoms with Gasteiger partial charge in [0.25, 0.3) is 5.91 Å². The molecule has 0 aliphatic heterocycles. The van der Waals surface area contributed by atoms with Gasteiger partial charge in [-0.05, 0) is 25.0 Å². The molecule has 0 aliphatic rings. The van der Waals surface area contributed by atoms with E-state index in [1.807, 2.05) is 0 Å². The number of carbonyl (C=O) groups excluding carboxylic acids is 1. The van der Waals surface area contributed by atoms with Crippen LogP contribution in [0.2, 0.25) is 0 Å². The number of aryl methyl sites for hydroxylation is 2. The molecule has 1 N–H and O–H groups in total. The SMILES string of the molecule is Cc1cc(C(F)(F)F)nn1C[C@H](C)CNC(=O)c1cc2c(C(F)(F)F)nn(C)c2s1. The van der Waals surface area contributed by atoms with Crippen molar-refractivity contribution in [3.05, 3.63) is 34.1 Å². The van der Waals surface area contributed by atoms with Gasteiger partial charge in [0.15, 0.2) is 11.4 Å². The van der Waals surface area contributed by atoms with Gasteiger partial charge in [0.2, 0.25) is 0 Å². The number of aromatic nitrogens is 4. The molecule has 6 nitrogen and oxygen atoms in total. The summed E-state index contributed by atoms with van der Waals surface area (Å²) in [5.41, 5.74) is -1.72. The van der Waals surface area contributed by atoms with Crippen LogP contribution < -0.4 is 5.32 Å². The molecule has 0 spiro atoms. The van der Waals surface area contributed by atoms with Crippen LogP contribution in [0.5, 0.6) is 0 Å². The van der Waals surface area contributed by atoms with E-state index in [-0.39, 0.29) is 34.1 Å². The maximum Gasteiger partial charge on any atom is 0.435 e. The van der Waals surface area contributed by atoms with Gasteiger partial charge in [-0.2, -0.15) is 36.5 Å². The summed E-state index contributed by atoms with van der Waals surface area (Å²) in [6.07, 6.45) is -9.18. The molecular weight excluding hydrogens is 436 g/mol. The predicted octanol–water partition coefficient (Wildman–Crippen LogP) is 4.24. The lowest BCUT2D eigenvalue weighted by Gasteiger charge is -2.13. The van der Waals surface area contributed by atoms with Crippen molar-refractivity contribution in [1.29, 1.82) is 0 Å². The predicted molar refractivity (Wildman–Crippen MR) is 97.1 cm³/mol. The van der Waals surface area contributed by atoms with Gasteiger partial charge in [0, 0.05) is 31.2 Å². The molecule has 0 bridgehead atoms. The van der Waals surface area contributed by atoms with Gasteiger partial charge >= 0.3 is 12.4 Å². The summed E-state index contributed by atoms with van der Waals surface area (Å²) in [5.74, 6) is -0.834. The number of thiophene rings is 1. The van der Waals surface area contributed by atoms with Gasteiger partial charge in [-0.1, -0.05) is 6.92 Å². The summed E-state index contributed by atoms with van der Waals surface area (Å²) < 4.78 is 79.7.